The van der Waals surface area contributed by atoms with E-state index in [1.165, 1.54) is 5.56 Å². The zero-order chi connectivity index (χ0) is 16.6. The quantitative estimate of drug-likeness (QED) is 0.772. The molecule has 2 heterocycles. The molecule has 3 aliphatic rings. The summed E-state index contributed by atoms with van der Waals surface area (Å²) in [5.74, 6) is 0.854. The van der Waals surface area contributed by atoms with Crippen molar-refractivity contribution >= 4 is 21.8 Å². The minimum atomic E-state index is -0.0550. The van der Waals surface area contributed by atoms with Gasteiger partial charge >= 0.3 is 0 Å². The maximum atomic E-state index is 12.9. The molecule has 24 heavy (non-hydrogen) atoms. The van der Waals surface area contributed by atoms with E-state index in [4.69, 9.17) is 9.47 Å². The van der Waals surface area contributed by atoms with Crippen LogP contribution in [0.15, 0.2) is 28.7 Å². The Kier molecular flexibility index (Phi) is 4.67. The monoisotopic (exact) mass is 393 g/mol. The molecule has 1 aromatic rings. The van der Waals surface area contributed by atoms with E-state index in [9.17, 15) is 4.79 Å². The first-order valence-electron chi connectivity index (χ1n) is 8.93. The Labute approximate surface area is 151 Å². The molecule has 1 saturated carbocycles. The van der Waals surface area contributed by atoms with E-state index >= 15 is 0 Å². The average molecular weight is 394 g/mol. The zero-order valence-electron chi connectivity index (χ0n) is 13.9. The van der Waals surface area contributed by atoms with E-state index in [2.05, 4.69) is 28.1 Å². The molecule has 1 spiro atoms. The van der Waals surface area contributed by atoms with Crippen molar-refractivity contribution in [1.82, 2.24) is 4.90 Å². The Morgan fingerprint density at radius 3 is 2.79 bits per heavy atom. The van der Waals surface area contributed by atoms with E-state index in [-0.39, 0.29) is 11.5 Å². The van der Waals surface area contributed by atoms with Crippen molar-refractivity contribution < 1.29 is 14.3 Å². The first-order valence-corrected chi connectivity index (χ1v) is 9.72. The second-order valence-electron chi connectivity index (χ2n) is 7.22. The summed E-state index contributed by atoms with van der Waals surface area (Å²) in [5.41, 5.74) is 1.22. The van der Waals surface area contributed by atoms with Gasteiger partial charge in [-0.3, -0.25) is 4.79 Å². The van der Waals surface area contributed by atoms with Gasteiger partial charge < -0.3 is 14.4 Å². The van der Waals surface area contributed by atoms with Gasteiger partial charge in [-0.15, -0.1) is 0 Å². The highest BCUT2D eigenvalue weighted by atomic mass is 79.9. The molecule has 130 valence electrons. The van der Waals surface area contributed by atoms with Gasteiger partial charge in [-0.05, 0) is 49.3 Å². The summed E-state index contributed by atoms with van der Waals surface area (Å²) in [6.45, 7) is 3.76. The molecule has 5 heteroatoms. The third-order valence-electron chi connectivity index (χ3n) is 5.71. The van der Waals surface area contributed by atoms with Gasteiger partial charge in [-0.25, -0.2) is 0 Å². The summed E-state index contributed by atoms with van der Waals surface area (Å²) in [4.78, 5) is 14.9. The van der Waals surface area contributed by atoms with Gasteiger partial charge in [0.25, 0.3) is 0 Å². The van der Waals surface area contributed by atoms with E-state index in [0.717, 1.165) is 56.5 Å². The van der Waals surface area contributed by atoms with Crippen molar-refractivity contribution in [3.8, 4) is 0 Å². The van der Waals surface area contributed by atoms with Crippen molar-refractivity contribution in [3.63, 3.8) is 0 Å². The maximum absolute atomic E-state index is 12.9. The third kappa shape index (κ3) is 3.39. The molecule has 2 aliphatic heterocycles. The number of carbonyl (C=O) groups is 1. The first kappa shape index (κ1) is 16.6. The van der Waals surface area contributed by atoms with Crippen molar-refractivity contribution in [2.45, 2.75) is 37.2 Å². The van der Waals surface area contributed by atoms with Crippen molar-refractivity contribution in [1.29, 1.82) is 0 Å². The molecule has 1 aliphatic carbocycles. The normalized spacial score (nSPS) is 29.3. The van der Waals surface area contributed by atoms with E-state index in [1.807, 2.05) is 17.0 Å². The Balaban J connectivity index is 1.37. The lowest BCUT2D eigenvalue weighted by Gasteiger charge is -2.35. The molecule has 0 bridgehead atoms. The smallest absolute Gasteiger partial charge is 0.226 e. The van der Waals surface area contributed by atoms with Crippen molar-refractivity contribution in [2.24, 2.45) is 5.92 Å². The number of hydrogen-bond donors (Lipinski definition) is 0. The topological polar surface area (TPSA) is 38.8 Å². The standard InChI is InChI=1S/C19H24BrNO3/c20-15-3-1-2-14(12-15)16-13-17(16)18(22)21-7-4-19(24-11-8-21)5-9-23-10-6-19/h1-3,12,16-17H,4-11,13H2/t16-,17-/m0/s1. The van der Waals surface area contributed by atoms with Crippen LogP contribution in [0, 0.1) is 5.92 Å². The fraction of sp³-hybridized carbons (Fsp3) is 0.632. The number of amides is 1. The van der Waals surface area contributed by atoms with E-state index < -0.39 is 0 Å². The number of carbonyl (C=O) groups excluding carboxylic acids is 1. The summed E-state index contributed by atoms with van der Waals surface area (Å²) in [5, 5.41) is 0. The van der Waals surface area contributed by atoms with Crippen molar-refractivity contribution in [2.75, 3.05) is 32.9 Å². The van der Waals surface area contributed by atoms with Gasteiger partial charge in [0, 0.05) is 36.7 Å². The number of ether oxygens (including phenoxy) is 2. The van der Waals surface area contributed by atoms with Crippen LogP contribution >= 0.6 is 15.9 Å². The van der Waals surface area contributed by atoms with Crippen LogP contribution in [0.3, 0.4) is 0 Å². The molecule has 2 saturated heterocycles. The predicted molar refractivity (Wildman–Crippen MR) is 94.9 cm³/mol. The lowest BCUT2D eigenvalue weighted by atomic mass is 9.90. The second kappa shape index (κ2) is 6.77. The summed E-state index contributed by atoms with van der Waals surface area (Å²) in [7, 11) is 0. The molecule has 2 atom stereocenters. The van der Waals surface area contributed by atoms with Gasteiger partial charge in [0.1, 0.15) is 0 Å². The largest absolute Gasteiger partial charge is 0.381 e. The molecule has 4 nitrogen and oxygen atoms in total. The number of rotatable bonds is 2. The third-order valence-corrected chi connectivity index (χ3v) is 6.20. The Morgan fingerprint density at radius 2 is 2.00 bits per heavy atom. The Morgan fingerprint density at radius 1 is 1.17 bits per heavy atom. The van der Waals surface area contributed by atoms with Gasteiger partial charge in [0.2, 0.25) is 5.91 Å². The molecule has 0 aromatic heterocycles. The number of benzene rings is 1. The Bertz CT molecular complexity index is 614. The number of hydrogen-bond acceptors (Lipinski definition) is 3. The molecule has 0 unspecified atom stereocenters. The summed E-state index contributed by atoms with van der Waals surface area (Å²) in [6, 6.07) is 8.35. The van der Waals surface area contributed by atoms with E-state index in [0.29, 0.717) is 18.4 Å². The van der Waals surface area contributed by atoms with Gasteiger partial charge in [0.15, 0.2) is 0 Å². The lowest BCUT2D eigenvalue weighted by molar-refractivity contribution is -0.132. The number of nitrogens with zero attached hydrogens (tertiary/aromatic N) is 1. The van der Waals surface area contributed by atoms with Gasteiger partial charge in [-0.1, -0.05) is 28.1 Å². The molecule has 1 amide bonds. The van der Waals surface area contributed by atoms with Crippen LogP contribution in [0.25, 0.3) is 0 Å². The van der Waals surface area contributed by atoms with Crippen LogP contribution in [0.2, 0.25) is 0 Å². The molecule has 4 rings (SSSR count). The summed E-state index contributed by atoms with van der Waals surface area (Å²) >= 11 is 3.52. The fourth-order valence-corrected chi connectivity index (χ4v) is 4.48. The van der Waals surface area contributed by atoms with Gasteiger partial charge in [0.05, 0.1) is 12.2 Å². The predicted octanol–water partition coefficient (Wildman–Crippen LogP) is 3.35. The molecular formula is C19H24BrNO3. The molecule has 0 radical (unpaired) electrons. The molecule has 0 N–H and O–H groups in total. The van der Waals surface area contributed by atoms with Crippen LogP contribution in [-0.4, -0.2) is 49.3 Å². The van der Waals surface area contributed by atoms with Crippen LogP contribution in [0.5, 0.6) is 0 Å². The summed E-state index contributed by atoms with van der Waals surface area (Å²) < 4.78 is 12.7. The highest BCUT2D eigenvalue weighted by molar-refractivity contribution is 9.10. The maximum Gasteiger partial charge on any atom is 0.226 e. The van der Waals surface area contributed by atoms with Crippen LogP contribution in [0.4, 0.5) is 0 Å². The molecular weight excluding hydrogens is 370 g/mol. The van der Waals surface area contributed by atoms with Crippen LogP contribution in [-0.2, 0) is 14.3 Å². The second-order valence-corrected chi connectivity index (χ2v) is 8.14. The van der Waals surface area contributed by atoms with Crippen LogP contribution in [0.1, 0.15) is 37.2 Å². The molecule has 1 aromatic carbocycles. The minimum Gasteiger partial charge on any atom is -0.381 e. The Hall–Kier alpha value is -0.910. The average Bonchev–Trinajstić information content (AvgIpc) is 3.40. The van der Waals surface area contributed by atoms with E-state index in [1.54, 1.807) is 0 Å². The number of halogens is 1. The summed E-state index contributed by atoms with van der Waals surface area (Å²) in [6.07, 6.45) is 3.83. The van der Waals surface area contributed by atoms with Crippen molar-refractivity contribution in [3.05, 3.63) is 34.3 Å². The highest BCUT2D eigenvalue weighted by Gasteiger charge is 2.46. The minimum absolute atomic E-state index is 0.0550. The zero-order valence-corrected chi connectivity index (χ0v) is 15.5. The van der Waals surface area contributed by atoms with Crippen LogP contribution < -0.4 is 0 Å². The SMILES string of the molecule is O=C([C@H]1C[C@H]1c1cccc(Br)c1)N1CCOC2(CCOCC2)CC1. The molecule has 3 fully saturated rings. The fourth-order valence-electron chi connectivity index (χ4n) is 4.06. The lowest BCUT2D eigenvalue weighted by Crippen LogP contribution is -2.40. The first-order chi connectivity index (χ1) is 11.7. The van der Waals surface area contributed by atoms with Gasteiger partial charge in [-0.2, -0.15) is 0 Å². The highest BCUT2D eigenvalue weighted by Crippen LogP contribution is 2.49.